The topological polar surface area (TPSA) is 442 Å². The molecular formula is C77H119N19O13. The molecule has 1 unspecified atom stereocenters. The summed E-state index contributed by atoms with van der Waals surface area (Å²) in [6, 6.07) is 4.94. The number of oxime groups is 1. The van der Waals surface area contributed by atoms with Crippen LogP contribution in [0.5, 0.6) is 0 Å². The van der Waals surface area contributed by atoms with Gasteiger partial charge in [-0.25, -0.2) is 4.98 Å². The lowest BCUT2D eigenvalue weighted by molar-refractivity contribution is -0.145. The van der Waals surface area contributed by atoms with Crippen molar-refractivity contribution in [3.63, 3.8) is 0 Å². The van der Waals surface area contributed by atoms with Crippen molar-refractivity contribution in [2.75, 3.05) is 104 Å². The molecule has 109 heavy (non-hydrogen) atoms. The Morgan fingerprint density at radius 1 is 0.550 bits per heavy atom. The number of rotatable bonds is 33. The number of hydrogen-bond acceptors (Lipinski definition) is 20. The number of benzene rings is 2. The molecule has 5 saturated heterocycles. The Balaban J connectivity index is 0.905. The van der Waals surface area contributed by atoms with Crippen LogP contribution in [-0.2, 0) is 57.6 Å². The number of anilines is 1. The number of amides is 12. The summed E-state index contributed by atoms with van der Waals surface area (Å²) in [5.74, 6) is -6.97. The summed E-state index contributed by atoms with van der Waals surface area (Å²) in [7, 11) is 0. The van der Waals surface area contributed by atoms with E-state index in [2.05, 4.69) is 78.7 Å². The highest BCUT2D eigenvalue weighted by atomic mass is 16.6. The number of para-hydroxylation sites is 2. The van der Waals surface area contributed by atoms with E-state index in [1.807, 2.05) is 36.4 Å². The summed E-state index contributed by atoms with van der Waals surface area (Å²) in [4.78, 5) is 189. The van der Waals surface area contributed by atoms with Gasteiger partial charge in [-0.3, -0.25) is 57.5 Å². The van der Waals surface area contributed by atoms with Crippen molar-refractivity contribution in [3.8, 4) is 0 Å². The van der Waals surface area contributed by atoms with Crippen molar-refractivity contribution in [2.45, 2.75) is 229 Å². The molecule has 12 amide bonds. The number of pyridine rings is 1. The molecule has 32 heteroatoms. The molecule has 0 aliphatic carbocycles. The van der Waals surface area contributed by atoms with E-state index in [1.54, 1.807) is 6.07 Å². The lowest BCUT2D eigenvalue weighted by Gasteiger charge is -2.32. The number of carbonyl (C=O) groups is 12. The maximum absolute atomic E-state index is 14.9. The zero-order valence-electron chi connectivity index (χ0n) is 64.1. The van der Waals surface area contributed by atoms with Gasteiger partial charge in [-0.2, -0.15) is 0 Å². The molecule has 1 aromatic heterocycles. The Kier molecular flexibility index (Phi) is 34.9. The predicted octanol–water partition coefficient (Wildman–Crippen LogP) is 1.65. The van der Waals surface area contributed by atoms with Crippen molar-refractivity contribution in [3.05, 3.63) is 48.0 Å². The lowest BCUT2D eigenvalue weighted by atomic mass is 10.0. The molecule has 9 atom stereocenters. The Morgan fingerprint density at radius 3 is 1.49 bits per heavy atom. The van der Waals surface area contributed by atoms with Crippen molar-refractivity contribution in [1.29, 1.82) is 0 Å². The van der Waals surface area contributed by atoms with Crippen LogP contribution in [0.4, 0.5) is 5.69 Å². The molecule has 0 bridgehead atoms. The zero-order chi connectivity index (χ0) is 78.2. The number of fused-ring (bicyclic) bond motifs is 6. The third-order valence-electron chi connectivity index (χ3n) is 21.3. The highest BCUT2D eigenvalue weighted by molar-refractivity contribution is 6.26. The molecular weight excluding hydrogens is 1400 g/mol. The highest BCUT2D eigenvalue weighted by Gasteiger charge is 2.45. The maximum Gasteiger partial charge on any atom is 0.265 e. The minimum absolute atomic E-state index is 0.0286. The number of nitrogens with two attached hydrogens (primary N) is 3. The van der Waals surface area contributed by atoms with Crippen LogP contribution in [0, 0.1) is 0 Å². The van der Waals surface area contributed by atoms with Gasteiger partial charge in [0.05, 0.1) is 35.4 Å². The molecule has 2 aromatic carbocycles. The third kappa shape index (κ3) is 24.7. The predicted molar refractivity (Wildman–Crippen MR) is 414 cm³/mol. The fourth-order valence-electron chi connectivity index (χ4n) is 15.3. The van der Waals surface area contributed by atoms with Crippen molar-refractivity contribution < 1.29 is 62.4 Å². The fourth-order valence-corrected chi connectivity index (χ4v) is 15.3. The van der Waals surface area contributed by atoms with Gasteiger partial charge in [-0.1, -0.05) is 55.8 Å². The van der Waals surface area contributed by atoms with E-state index in [0.29, 0.717) is 108 Å². The van der Waals surface area contributed by atoms with Gasteiger partial charge in [0.25, 0.3) is 11.8 Å². The number of hydrogen-bond donors (Lipinski definition) is 12. The van der Waals surface area contributed by atoms with Gasteiger partial charge >= 0.3 is 0 Å². The normalized spacial score (nSPS) is 22.9. The van der Waals surface area contributed by atoms with Crippen molar-refractivity contribution in [1.82, 2.24) is 72.0 Å². The quantitative estimate of drug-likeness (QED) is 0.0178. The summed E-state index contributed by atoms with van der Waals surface area (Å²) < 4.78 is 0. The van der Waals surface area contributed by atoms with Gasteiger partial charge < -0.3 is 94.4 Å². The third-order valence-corrected chi connectivity index (χ3v) is 21.3. The van der Waals surface area contributed by atoms with Crippen LogP contribution in [0.25, 0.3) is 21.8 Å². The maximum atomic E-state index is 14.9. The summed E-state index contributed by atoms with van der Waals surface area (Å²) in [6.45, 7) is 10.6. The summed E-state index contributed by atoms with van der Waals surface area (Å²) in [5, 5.41) is 31.8. The smallest absolute Gasteiger partial charge is 0.265 e. The SMILES string of the molecule is CCN(CC)CCCCC(C)Nc1c2ccccc2nc2c(C(=O)NCCCO/N=C/C(=O)NCCCC[C@@H]3NC(=O)CNC(=O)[C@@H]4CCCN4C(=O)[C@H](CCCCN)NC(=O)[C@@H]4CCCN4C(=O)[C@H](CCCCN)NC(=O)CNC(=O)[C@@H]4CCCN4C(=O)[C@H](CCCCN)NC(=O)[C@@H]4CCCN4C3=O)cccc12. The van der Waals surface area contributed by atoms with E-state index >= 15 is 0 Å². The lowest BCUT2D eigenvalue weighted by Crippen LogP contribution is -2.59. The van der Waals surface area contributed by atoms with Crippen molar-refractivity contribution in [2.24, 2.45) is 22.4 Å². The molecule has 0 spiro atoms. The van der Waals surface area contributed by atoms with E-state index in [1.165, 1.54) is 19.6 Å². The number of nitrogens with zero attached hydrogens (tertiary/aromatic N) is 7. The molecule has 3 aromatic rings. The van der Waals surface area contributed by atoms with Gasteiger partial charge in [0, 0.05) is 62.5 Å². The Bertz CT molecular complexity index is 3620. The van der Waals surface area contributed by atoms with Crippen LogP contribution >= 0.6 is 0 Å². The van der Waals surface area contributed by atoms with E-state index in [-0.39, 0.29) is 116 Å². The number of aromatic nitrogens is 1. The molecule has 5 aliphatic heterocycles. The molecule has 5 fully saturated rings. The first kappa shape index (κ1) is 85.5. The first-order valence-corrected chi connectivity index (χ1v) is 39.9. The largest absolute Gasteiger partial charge is 0.396 e. The molecule has 600 valence electrons. The molecule has 0 radical (unpaired) electrons. The van der Waals surface area contributed by atoms with Gasteiger partial charge in [-0.05, 0) is 200 Å². The van der Waals surface area contributed by atoms with Gasteiger partial charge in [0.1, 0.15) is 61.2 Å². The van der Waals surface area contributed by atoms with Crippen LogP contribution in [0.3, 0.4) is 0 Å². The average Bonchev–Trinajstić information content (AvgIpc) is 0.978. The van der Waals surface area contributed by atoms with Crippen LogP contribution in [0.15, 0.2) is 47.6 Å². The van der Waals surface area contributed by atoms with Crippen molar-refractivity contribution >= 4 is 105 Å². The first-order chi connectivity index (χ1) is 52.8. The summed E-state index contributed by atoms with van der Waals surface area (Å²) in [5.41, 5.74) is 20.3. The second-order valence-electron chi connectivity index (χ2n) is 29.1. The van der Waals surface area contributed by atoms with Gasteiger partial charge in [0.15, 0.2) is 0 Å². The summed E-state index contributed by atoms with van der Waals surface area (Å²) in [6.07, 6.45) is 11.2. The molecule has 8 rings (SSSR count). The minimum Gasteiger partial charge on any atom is -0.396 e. The number of nitrogens with one attached hydrogen (secondary N) is 9. The second kappa shape index (κ2) is 44.5. The van der Waals surface area contributed by atoms with Crippen LogP contribution in [-0.4, -0.2) is 259 Å². The monoisotopic (exact) mass is 1520 g/mol. The Labute approximate surface area is 639 Å². The highest BCUT2D eigenvalue weighted by Crippen LogP contribution is 2.34. The van der Waals surface area contributed by atoms with Crippen LogP contribution < -0.4 is 65.1 Å². The fraction of sp³-hybridized carbons (Fsp3) is 0.662. The molecule has 6 heterocycles. The molecule has 5 aliphatic rings. The first-order valence-electron chi connectivity index (χ1n) is 39.9. The molecule has 15 N–H and O–H groups in total. The van der Waals surface area contributed by atoms with Crippen LogP contribution in [0.2, 0.25) is 0 Å². The molecule has 0 saturated carbocycles. The van der Waals surface area contributed by atoms with E-state index < -0.39 is 126 Å². The van der Waals surface area contributed by atoms with Crippen LogP contribution in [0.1, 0.15) is 185 Å². The Hall–Kier alpha value is -9.14. The Morgan fingerprint density at radius 2 is 1.00 bits per heavy atom. The van der Waals surface area contributed by atoms with E-state index in [4.69, 9.17) is 27.0 Å². The minimum atomic E-state index is -1.24. The standard InChI is InChI=1S/C77H119N19O13/c1-4-92(5-2)42-17-12-24-51(3)86-67-52-25-6-7-28-55(52)89-68-53(67)26-18-27-54(68)69(100)82-41-23-47-109-85-50-64(97)81-40-16-11-32-57-75(106)96-46-22-36-63(96)73(104)91-59(31-10-15-39-80)77(108)93-43-19-33-60(93)70(101)83-48-65(98)87-56(29-8-13-37-78)74(105)95-45-21-35-62(95)72(103)90-58(30-9-14-38-79)76(107)94-44-20-34-61(94)71(102)84-49-66(99)88-57/h6-7,18,25-28,50-51,56-63H,4-5,8-17,19-24,29-49,78-80H2,1-3H3,(H,81,97)(H,82,100)(H,83,101)(H,84,102)(H,86,89)(H,87,98)(H,88,99)(H,90,103)(H,91,104)/b85-50+/t51?,56-,57-,58-,59-,60-,61-,62-,63-/m0/s1. The van der Waals surface area contributed by atoms with Gasteiger partial charge in [0.2, 0.25) is 59.1 Å². The van der Waals surface area contributed by atoms with E-state index in [9.17, 15) is 57.5 Å². The summed E-state index contributed by atoms with van der Waals surface area (Å²) >= 11 is 0. The number of unbranched alkanes of at least 4 members (excludes halogenated alkanes) is 5. The van der Waals surface area contributed by atoms with E-state index in [0.717, 1.165) is 67.1 Å². The second-order valence-corrected chi connectivity index (χ2v) is 29.1. The molecule has 32 nitrogen and oxygen atoms in total. The van der Waals surface area contributed by atoms with Gasteiger partial charge in [-0.15, -0.1) is 0 Å². The number of carbonyl (C=O) groups excluding carboxylic acids is 12. The average molecular weight is 1520 g/mol. The zero-order valence-corrected chi connectivity index (χ0v) is 64.1.